The van der Waals surface area contributed by atoms with Crippen molar-refractivity contribution in [1.29, 1.82) is 0 Å². The van der Waals surface area contributed by atoms with Crippen LogP contribution in [0, 0.1) is 5.82 Å². The maximum absolute atomic E-state index is 13.0. The van der Waals surface area contributed by atoms with Gasteiger partial charge in [0.1, 0.15) is 12.4 Å². The average Bonchev–Trinajstić information content (AvgIpc) is 2.52. The number of aliphatic hydroxyl groups is 1. The van der Waals surface area contributed by atoms with Gasteiger partial charge in [0.2, 0.25) is 11.8 Å². The van der Waals surface area contributed by atoms with Gasteiger partial charge in [-0.3, -0.25) is 9.59 Å². The first-order valence-electron chi connectivity index (χ1n) is 7.01. The van der Waals surface area contributed by atoms with Crippen molar-refractivity contribution in [2.75, 3.05) is 32.8 Å². The lowest BCUT2D eigenvalue weighted by Gasteiger charge is -2.34. The lowest BCUT2D eigenvalue weighted by atomic mass is 10.1. The average molecular weight is 294 g/mol. The van der Waals surface area contributed by atoms with E-state index in [1.54, 1.807) is 21.9 Å². The van der Waals surface area contributed by atoms with Crippen LogP contribution in [0.4, 0.5) is 4.39 Å². The molecule has 1 aliphatic rings. The molecule has 1 aromatic carbocycles. The molecule has 0 radical (unpaired) electrons. The summed E-state index contributed by atoms with van der Waals surface area (Å²) in [6, 6.07) is 6.25. The Labute approximate surface area is 123 Å². The fourth-order valence-corrected chi connectivity index (χ4v) is 2.41. The molecule has 114 valence electrons. The third-order valence-electron chi connectivity index (χ3n) is 3.64. The van der Waals surface area contributed by atoms with Crippen LogP contribution >= 0.6 is 0 Å². The van der Waals surface area contributed by atoms with E-state index in [0.29, 0.717) is 39.0 Å². The summed E-state index contributed by atoms with van der Waals surface area (Å²) in [4.78, 5) is 26.7. The van der Waals surface area contributed by atoms with Crippen molar-refractivity contribution in [2.45, 2.75) is 12.8 Å². The standard InChI is InChI=1S/C15H19FN2O3/c16-13-3-1-2-12(10-13)4-5-14(20)17-6-8-18(9-7-17)15(21)11-19/h1-3,10,19H,4-9,11H2. The number of carbonyl (C=O) groups is 2. The van der Waals surface area contributed by atoms with Crippen LogP contribution in [-0.2, 0) is 16.0 Å². The normalized spacial score (nSPS) is 15.1. The number of benzene rings is 1. The van der Waals surface area contributed by atoms with Crippen LogP contribution in [0.25, 0.3) is 0 Å². The number of piperazine rings is 1. The summed E-state index contributed by atoms with van der Waals surface area (Å²) >= 11 is 0. The molecule has 1 heterocycles. The van der Waals surface area contributed by atoms with Crippen LogP contribution in [0.2, 0.25) is 0 Å². The van der Waals surface area contributed by atoms with Crippen molar-refractivity contribution in [3.05, 3.63) is 35.6 Å². The quantitative estimate of drug-likeness (QED) is 0.875. The molecule has 0 atom stereocenters. The van der Waals surface area contributed by atoms with Crippen molar-refractivity contribution in [2.24, 2.45) is 0 Å². The van der Waals surface area contributed by atoms with Gasteiger partial charge < -0.3 is 14.9 Å². The largest absolute Gasteiger partial charge is 0.387 e. The van der Waals surface area contributed by atoms with Crippen LogP contribution in [-0.4, -0.2) is 59.5 Å². The summed E-state index contributed by atoms with van der Waals surface area (Å²) in [6.45, 7) is 1.37. The van der Waals surface area contributed by atoms with Crippen molar-refractivity contribution in [3.63, 3.8) is 0 Å². The third kappa shape index (κ3) is 4.26. The van der Waals surface area contributed by atoms with E-state index in [1.807, 2.05) is 0 Å². The van der Waals surface area contributed by atoms with Gasteiger partial charge >= 0.3 is 0 Å². The van der Waals surface area contributed by atoms with Crippen molar-refractivity contribution in [1.82, 2.24) is 9.80 Å². The first-order valence-corrected chi connectivity index (χ1v) is 7.01. The molecule has 1 saturated heterocycles. The molecule has 0 spiro atoms. The smallest absolute Gasteiger partial charge is 0.248 e. The summed E-state index contributed by atoms with van der Waals surface area (Å²) in [5.74, 6) is -0.590. The molecule has 1 fully saturated rings. The molecule has 0 aliphatic carbocycles. The number of halogens is 1. The second-order valence-corrected chi connectivity index (χ2v) is 5.05. The number of nitrogens with zero attached hydrogens (tertiary/aromatic N) is 2. The van der Waals surface area contributed by atoms with Crippen molar-refractivity contribution in [3.8, 4) is 0 Å². The number of hydrogen-bond donors (Lipinski definition) is 1. The summed E-state index contributed by atoms with van der Waals surface area (Å²) in [5.41, 5.74) is 0.803. The molecule has 2 rings (SSSR count). The number of rotatable bonds is 4. The zero-order valence-corrected chi connectivity index (χ0v) is 11.8. The van der Waals surface area contributed by atoms with Gasteiger partial charge in [0.15, 0.2) is 0 Å². The minimum absolute atomic E-state index is 0.00959. The lowest BCUT2D eigenvalue weighted by Crippen LogP contribution is -2.51. The Morgan fingerprint density at radius 1 is 1.10 bits per heavy atom. The predicted molar refractivity (Wildman–Crippen MR) is 75.0 cm³/mol. The van der Waals surface area contributed by atoms with E-state index in [1.165, 1.54) is 12.1 Å². The maximum Gasteiger partial charge on any atom is 0.248 e. The van der Waals surface area contributed by atoms with E-state index < -0.39 is 6.61 Å². The predicted octanol–water partition coefficient (Wildman–Crippen LogP) is 0.421. The summed E-state index contributed by atoms with van der Waals surface area (Å²) in [7, 11) is 0. The molecule has 6 heteroatoms. The first-order chi connectivity index (χ1) is 10.1. The minimum atomic E-state index is -0.493. The Hall–Kier alpha value is -1.95. The zero-order chi connectivity index (χ0) is 15.2. The van der Waals surface area contributed by atoms with Crippen LogP contribution < -0.4 is 0 Å². The van der Waals surface area contributed by atoms with Gasteiger partial charge in [0, 0.05) is 32.6 Å². The van der Waals surface area contributed by atoms with Gasteiger partial charge in [-0.05, 0) is 24.1 Å². The number of hydrogen-bond acceptors (Lipinski definition) is 3. The fraction of sp³-hybridized carbons (Fsp3) is 0.467. The van der Waals surface area contributed by atoms with E-state index in [4.69, 9.17) is 5.11 Å². The molecule has 1 aliphatic heterocycles. The van der Waals surface area contributed by atoms with Crippen LogP contribution in [0.3, 0.4) is 0 Å². The molecule has 0 unspecified atom stereocenters. The monoisotopic (exact) mass is 294 g/mol. The molecule has 0 aromatic heterocycles. The van der Waals surface area contributed by atoms with Gasteiger partial charge in [0.05, 0.1) is 0 Å². The van der Waals surface area contributed by atoms with Crippen LogP contribution in [0.5, 0.6) is 0 Å². The molecule has 1 aromatic rings. The fourth-order valence-electron chi connectivity index (χ4n) is 2.41. The molecule has 0 saturated carbocycles. The number of aryl methyl sites for hydroxylation is 1. The lowest BCUT2D eigenvalue weighted by molar-refractivity contribution is -0.141. The highest BCUT2D eigenvalue weighted by Crippen LogP contribution is 2.09. The van der Waals surface area contributed by atoms with Gasteiger partial charge in [-0.1, -0.05) is 12.1 Å². The first kappa shape index (κ1) is 15.4. The minimum Gasteiger partial charge on any atom is -0.387 e. The molecular weight excluding hydrogens is 275 g/mol. The van der Waals surface area contributed by atoms with E-state index in [-0.39, 0.29) is 17.6 Å². The molecular formula is C15H19FN2O3. The SMILES string of the molecule is O=C(CO)N1CCN(C(=O)CCc2cccc(F)c2)CC1. The van der Waals surface area contributed by atoms with E-state index in [2.05, 4.69) is 0 Å². The van der Waals surface area contributed by atoms with Crippen LogP contribution in [0.1, 0.15) is 12.0 Å². The van der Waals surface area contributed by atoms with Gasteiger partial charge in [-0.25, -0.2) is 4.39 Å². The maximum atomic E-state index is 13.0. The van der Waals surface area contributed by atoms with E-state index in [9.17, 15) is 14.0 Å². The Morgan fingerprint density at radius 3 is 2.29 bits per heavy atom. The second kappa shape index (κ2) is 7.17. The number of amides is 2. The topological polar surface area (TPSA) is 60.9 Å². The molecule has 1 N–H and O–H groups in total. The Morgan fingerprint density at radius 2 is 1.71 bits per heavy atom. The molecule has 21 heavy (non-hydrogen) atoms. The Kier molecular flexibility index (Phi) is 5.27. The second-order valence-electron chi connectivity index (χ2n) is 5.05. The summed E-state index contributed by atoms with van der Waals surface area (Å²) in [6.07, 6.45) is 0.837. The molecule has 2 amide bonds. The van der Waals surface area contributed by atoms with E-state index >= 15 is 0 Å². The van der Waals surface area contributed by atoms with Gasteiger partial charge in [-0.2, -0.15) is 0 Å². The highest BCUT2D eigenvalue weighted by atomic mass is 19.1. The Bertz CT molecular complexity index is 513. The molecule has 0 bridgehead atoms. The van der Waals surface area contributed by atoms with Crippen molar-refractivity contribution >= 4 is 11.8 Å². The summed E-state index contributed by atoms with van der Waals surface area (Å²) < 4.78 is 13.0. The zero-order valence-electron chi connectivity index (χ0n) is 11.8. The van der Waals surface area contributed by atoms with Gasteiger partial charge in [0.25, 0.3) is 0 Å². The highest BCUT2D eigenvalue weighted by Gasteiger charge is 2.23. The van der Waals surface area contributed by atoms with E-state index in [0.717, 1.165) is 5.56 Å². The number of carbonyl (C=O) groups excluding carboxylic acids is 2. The van der Waals surface area contributed by atoms with Crippen molar-refractivity contribution < 1.29 is 19.1 Å². The van der Waals surface area contributed by atoms with Gasteiger partial charge in [-0.15, -0.1) is 0 Å². The Balaban J connectivity index is 1.78. The third-order valence-corrected chi connectivity index (χ3v) is 3.64. The molecule has 5 nitrogen and oxygen atoms in total. The summed E-state index contributed by atoms with van der Waals surface area (Å²) in [5, 5.41) is 8.79. The number of aliphatic hydroxyl groups excluding tert-OH is 1. The van der Waals surface area contributed by atoms with Crippen LogP contribution in [0.15, 0.2) is 24.3 Å². The highest BCUT2D eigenvalue weighted by molar-refractivity contribution is 5.79.